The third kappa shape index (κ3) is 5.24. The summed E-state index contributed by atoms with van der Waals surface area (Å²) in [7, 11) is 3.21. The monoisotopic (exact) mass is 555 g/mol. The van der Waals surface area contributed by atoms with E-state index in [1.54, 1.807) is 27.2 Å². The first-order valence-corrected chi connectivity index (χ1v) is 13.0. The molecule has 210 valence electrons. The van der Waals surface area contributed by atoms with Crippen LogP contribution in [0.4, 0.5) is 17.6 Å². The number of methoxy groups -OCH3 is 2. The van der Waals surface area contributed by atoms with E-state index < -0.39 is 31.0 Å². The van der Waals surface area contributed by atoms with Crippen molar-refractivity contribution in [3.05, 3.63) is 88.1 Å². The van der Waals surface area contributed by atoms with Gasteiger partial charge in [0.25, 0.3) is 0 Å². The number of hydrogen-bond donors (Lipinski definition) is 0. The van der Waals surface area contributed by atoms with Crippen molar-refractivity contribution in [3.8, 4) is 11.5 Å². The maximum Gasteiger partial charge on any atom is 0.487 e. The van der Waals surface area contributed by atoms with Gasteiger partial charge in [-0.05, 0) is 102 Å². The lowest BCUT2D eigenvalue weighted by molar-refractivity contribution is -0.244. The largest absolute Gasteiger partial charge is 0.496 e. The fourth-order valence-corrected chi connectivity index (χ4v) is 5.41. The summed E-state index contributed by atoms with van der Waals surface area (Å²) < 4.78 is 72.4. The van der Waals surface area contributed by atoms with E-state index in [0.717, 1.165) is 30.4 Å². The standard InChI is InChI=1S/C31H29F4NO4/c1-18-24(12-19-13-27(38-2)30(20-6-4-7-20)28(14-19)39-3)23-10-9-21(32)15-26(23)25(18)16-29(37)36(31(33,34)35)17-22-8-5-11-40-22/h5,8-15,20H,4,6-7,16-17H2,1-3H3/b24-12-. The molecule has 0 unspecified atom stereocenters. The molecule has 0 spiro atoms. The zero-order chi connectivity index (χ0) is 28.6. The Morgan fingerprint density at radius 1 is 1.07 bits per heavy atom. The average Bonchev–Trinajstić information content (AvgIpc) is 3.48. The molecule has 1 heterocycles. The Morgan fingerprint density at radius 2 is 1.77 bits per heavy atom. The summed E-state index contributed by atoms with van der Waals surface area (Å²) in [5.74, 6) is 0.0481. The Morgan fingerprint density at radius 3 is 2.33 bits per heavy atom. The summed E-state index contributed by atoms with van der Waals surface area (Å²) in [4.78, 5) is 12.9. The SMILES string of the molecule is COc1cc(/C=C2/C(C)=C(CC(=O)N(Cc3ccco3)C(F)(F)F)c3cc(F)ccc32)cc(OC)c1C1CCC1. The van der Waals surface area contributed by atoms with E-state index in [9.17, 15) is 22.4 Å². The number of amides is 1. The van der Waals surface area contributed by atoms with Crippen molar-refractivity contribution in [2.45, 2.75) is 51.4 Å². The first-order valence-electron chi connectivity index (χ1n) is 13.0. The van der Waals surface area contributed by atoms with E-state index in [2.05, 4.69) is 0 Å². The number of allylic oxidation sites excluding steroid dienone is 2. The number of hydrogen-bond acceptors (Lipinski definition) is 4. The van der Waals surface area contributed by atoms with E-state index >= 15 is 0 Å². The lowest BCUT2D eigenvalue weighted by Crippen LogP contribution is -2.42. The topological polar surface area (TPSA) is 51.9 Å². The van der Waals surface area contributed by atoms with E-state index in [0.29, 0.717) is 45.3 Å². The van der Waals surface area contributed by atoms with E-state index in [1.165, 1.54) is 30.5 Å². The molecule has 0 atom stereocenters. The normalized spacial score (nSPS) is 16.2. The van der Waals surface area contributed by atoms with Gasteiger partial charge >= 0.3 is 6.30 Å². The van der Waals surface area contributed by atoms with Gasteiger partial charge in [-0.1, -0.05) is 12.5 Å². The number of halogens is 4. The van der Waals surface area contributed by atoms with Gasteiger partial charge < -0.3 is 13.9 Å². The van der Waals surface area contributed by atoms with Crippen molar-refractivity contribution in [2.75, 3.05) is 14.2 Å². The van der Waals surface area contributed by atoms with Gasteiger partial charge in [-0.2, -0.15) is 0 Å². The zero-order valence-electron chi connectivity index (χ0n) is 22.4. The number of carbonyl (C=O) groups is 1. The number of carbonyl (C=O) groups excluding carboxylic acids is 1. The second-order valence-electron chi connectivity index (χ2n) is 10.0. The summed E-state index contributed by atoms with van der Waals surface area (Å²) in [5, 5.41) is 0. The molecule has 2 aromatic carbocycles. The van der Waals surface area contributed by atoms with Gasteiger partial charge in [-0.15, -0.1) is 13.2 Å². The maximum atomic E-state index is 14.3. The van der Waals surface area contributed by atoms with Crippen LogP contribution in [0.25, 0.3) is 17.2 Å². The first-order chi connectivity index (χ1) is 19.1. The fraction of sp³-hybridized carbons (Fsp3) is 0.323. The molecule has 5 nitrogen and oxygen atoms in total. The van der Waals surface area contributed by atoms with Crippen molar-refractivity contribution in [1.82, 2.24) is 4.90 Å². The smallest absolute Gasteiger partial charge is 0.487 e. The fourth-order valence-electron chi connectivity index (χ4n) is 5.41. The minimum atomic E-state index is -4.92. The minimum absolute atomic E-state index is 0.00284. The van der Waals surface area contributed by atoms with Crippen LogP contribution in [0.3, 0.4) is 0 Å². The number of fused-ring (bicyclic) bond motifs is 1. The molecular formula is C31H29F4NO4. The van der Waals surface area contributed by atoms with Crippen LogP contribution in [0.5, 0.6) is 11.5 Å². The molecule has 0 aliphatic heterocycles. The first kappa shape index (κ1) is 27.6. The summed E-state index contributed by atoms with van der Waals surface area (Å²) >= 11 is 0. The Kier molecular flexibility index (Phi) is 7.49. The Hall–Kier alpha value is -4.01. The molecule has 3 aromatic rings. The molecule has 40 heavy (non-hydrogen) atoms. The predicted octanol–water partition coefficient (Wildman–Crippen LogP) is 7.97. The zero-order valence-corrected chi connectivity index (χ0v) is 22.4. The molecule has 0 N–H and O–H groups in total. The average molecular weight is 556 g/mol. The van der Waals surface area contributed by atoms with Crippen molar-refractivity contribution < 1.29 is 36.2 Å². The third-order valence-corrected chi connectivity index (χ3v) is 7.67. The number of alkyl halides is 3. The van der Waals surface area contributed by atoms with Gasteiger partial charge in [-0.3, -0.25) is 4.79 Å². The molecule has 1 fully saturated rings. The predicted molar refractivity (Wildman–Crippen MR) is 143 cm³/mol. The lowest BCUT2D eigenvalue weighted by atomic mass is 9.79. The number of ether oxygens (including phenoxy) is 2. The molecule has 0 saturated heterocycles. The molecule has 2 aliphatic carbocycles. The van der Waals surface area contributed by atoms with E-state index in [-0.39, 0.29) is 10.7 Å². The molecule has 2 aliphatic rings. The highest BCUT2D eigenvalue weighted by Gasteiger charge is 2.42. The highest BCUT2D eigenvalue weighted by Crippen LogP contribution is 2.48. The Bertz CT molecular complexity index is 1460. The van der Waals surface area contributed by atoms with Crippen LogP contribution in [0, 0.1) is 5.82 Å². The Balaban J connectivity index is 1.54. The van der Waals surface area contributed by atoms with Gasteiger partial charge in [0.2, 0.25) is 5.91 Å². The third-order valence-electron chi connectivity index (χ3n) is 7.67. The molecule has 0 radical (unpaired) electrons. The summed E-state index contributed by atoms with van der Waals surface area (Å²) in [5.41, 5.74) is 4.41. The quantitative estimate of drug-likeness (QED) is 0.209. The lowest BCUT2D eigenvalue weighted by Gasteiger charge is -2.29. The highest BCUT2D eigenvalue weighted by atomic mass is 19.4. The van der Waals surface area contributed by atoms with Gasteiger partial charge in [0.1, 0.15) is 23.1 Å². The maximum absolute atomic E-state index is 14.3. The highest BCUT2D eigenvalue weighted by molar-refractivity contribution is 6.08. The van der Waals surface area contributed by atoms with Crippen LogP contribution >= 0.6 is 0 Å². The number of nitrogens with zero attached hydrogens (tertiary/aromatic N) is 1. The van der Waals surface area contributed by atoms with E-state index in [1.807, 2.05) is 18.2 Å². The van der Waals surface area contributed by atoms with Crippen molar-refractivity contribution in [2.24, 2.45) is 0 Å². The summed E-state index contributed by atoms with van der Waals surface area (Å²) in [6.45, 7) is 0.974. The molecule has 5 rings (SSSR count). The van der Waals surface area contributed by atoms with Crippen molar-refractivity contribution in [1.29, 1.82) is 0 Å². The number of rotatable bonds is 8. The molecule has 1 amide bonds. The molecular weight excluding hydrogens is 526 g/mol. The van der Waals surface area contributed by atoms with Crippen LogP contribution in [0.15, 0.2) is 58.7 Å². The molecule has 0 bridgehead atoms. The van der Waals surface area contributed by atoms with Gasteiger partial charge in [-0.25, -0.2) is 9.29 Å². The van der Waals surface area contributed by atoms with Crippen LogP contribution in [-0.2, 0) is 11.3 Å². The molecule has 9 heteroatoms. The van der Waals surface area contributed by atoms with E-state index in [4.69, 9.17) is 13.9 Å². The van der Waals surface area contributed by atoms with Crippen molar-refractivity contribution >= 4 is 23.1 Å². The van der Waals surface area contributed by atoms with Gasteiger partial charge in [0, 0.05) is 5.56 Å². The van der Waals surface area contributed by atoms with Crippen LogP contribution in [0.2, 0.25) is 0 Å². The molecule has 1 aromatic heterocycles. The second kappa shape index (κ2) is 10.9. The second-order valence-corrected chi connectivity index (χ2v) is 10.0. The summed E-state index contributed by atoms with van der Waals surface area (Å²) in [6, 6.07) is 10.8. The summed E-state index contributed by atoms with van der Waals surface area (Å²) in [6.07, 6.45) is 0.887. The van der Waals surface area contributed by atoms with Gasteiger partial charge in [0.05, 0.1) is 33.4 Å². The van der Waals surface area contributed by atoms with Gasteiger partial charge in [0.15, 0.2) is 0 Å². The Labute approximate surface area is 229 Å². The van der Waals surface area contributed by atoms with Crippen LogP contribution in [-0.4, -0.2) is 31.3 Å². The minimum Gasteiger partial charge on any atom is -0.496 e. The molecule has 1 saturated carbocycles. The van der Waals surface area contributed by atoms with Crippen molar-refractivity contribution in [3.63, 3.8) is 0 Å². The van der Waals surface area contributed by atoms with Crippen LogP contribution in [0.1, 0.15) is 66.5 Å². The van der Waals surface area contributed by atoms with Crippen LogP contribution < -0.4 is 9.47 Å². The number of benzene rings is 2. The number of furan rings is 1.